The van der Waals surface area contributed by atoms with E-state index < -0.39 is 0 Å². The van der Waals surface area contributed by atoms with E-state index in [1.54, 1.807) is 18.2 Å². The molecule has 1 aliphatic rings. The molecule has 1 aromatic rings. The van der Waals surface area contributed by atoms with Gasteiger partial charge >= 0.3 is 0 Å². The Morgan fingerprint density at radius 1 is 1.35 bits per heavy atom. The Morgan fingerprint density at radius 2 is 2.10 bits per heavy atom. The average molecular weight is 298 g/mol. The number of alkyl halides is 1. The molecule has 0 radical (unpaired) electrons. The molecule has 1 unspecified atom stereocenters. The summed E-state index contributed by atoms with van der Waals surface area (Å²) in [4.78, 5) is 12.2. The van der Waals surface area contributed by atoms with Crippen LogP contribution < -0.4 is 14.8 Å². The van der Waals surface area contributed by atoms with Crippen molar-refractivity contribution in [3.63, 3.8) is 0 Å². The Hall–Kier alpha value is -1.42. The number of carbonyl (C=O) groups is 1. The van der Waals surface area contributed by atoms with Crippen molar-refractivity contribution < 1.29 is 14.3 Å². The third-order valence-electron chi connectivity index (χ3n) is 3.02. The predicted octanol–water partition coefficient (Wildman–Crippen LogP) is 2.84. The summed E-state index contributed by atoms with van der Waals surface area (Å²) in [5.41, 5.74) is 0.496. The fourth-order valence-corrected chi connectivity index (χ4v) is 2.58. The molecule has 0 bridgehead atoms. The van der Waals surface area contributed by atoms with E-state index in [0.29, 0.717) is 42.7 Å². The number of ether oxygens (including phenoxy) is 2. The summed E-state index contributed by atoms with van der Waals surface area (Å²) >= 11 is 6.18. The first-order valence-electron chi connectivity index (χ1n) is 6.88. The van der Waals surface area contributed by atoms with Gasteiger partial charge in [-0.15, -0.1) is 11.6 Å². The van der Waals surface area contributed by atoms with Crippen LogP contribution in [0.15, 0.2) is 18.2 Å². The first-order chi connectivity index (χ1) is 9.58. The van der Waals surface area contributed by atoms with Crippen molar-refractivity contribution >= 4 is 17.5 Å². The second-order valence-corrected chi connectivity index (χ2v) is 5.88. The minimum Gasteiger partial charge on any atom is -0.486 e. The fourth-order valence-electron chi connectivity index (χ4n) is 2.15. The number of halogens is 1. The monoisotopic (exact) mass is 297 g/mol. The fraction of sp³-hybridized carbons (Fsp3) is 0.533. The zero-order valence-electron chi connectivity index (χ0n) is 11.8. The largest absolute Gasteiger partial charge is 0.486 e. The zero-order chi connectivity index (χ0) is 14.5. The van der Waals surface area contributed by atoms with Crippen LogP contribution in [0.2, 0.25) is 0 Å². The predicted molar refractivity (Wildman–Crippen MR) is 78.9 cm³/mol. The molecule has 5 heteroatoms. The van der Waals surface area contributed by atoms with Gasteiger partial charge in [-0.05, 0) is 24.5 Å². The highest BCUT2D eigenvalue weighted by atomic mass is 35.5. The SMILES string of the molecule is CC(C)CC(Cl)CNC(=O)c1cccc2c1OCCO2. The number of carbonyl (C=O) groups excluding carboxylic acids is 1. The number of amides is 1. The van der Waals surface area contributed by atoms with Gasteiger partial charge in [-0.3, -0.25) is 4.79 Å². The third-order valence-corrected chi connectivity index (χ3v) is 3.35. The van der Waals surface area contributed by atoms with E-state index in [4.69, 9.17) is 21.1 Å². The second kappa shape index (κ2) is 6.84. The summed E-state index contributed by atoms with van der Waals surface area (Å²) in [5.74, 6) is 1.47. The van der Waals surface area contributed by atoms with Crippen LogP contribution in [0.25, 0.3) is 0 Å². The lowest BCUT2D eigenvalue weighted by atomic mass is 10.1. The van der Waals surface area contributed by atoms with Crippen molar-refractivity contribution in [2.45, 2.75) is 25.6 Å². The van der Waals surface area contributed by atoms with Gasteiger partial charge in [0.1, 0.15) is 13.2 Å². The van der Waals surface area contributed by atoms with E-state index in [9.17, 15) is 4.79 Å². The molecule has 0 fully saturated rings. The highest BCUT2D eigenvalue weighted by Crippen LogP contribution is 2.33. The Bertz CT molecular complexity index is 476. The van der Waals surface area contributed by atoms with Gasteiger partial charge in [0.15, 0.2) is 11.5 Å². The molecule has 110 valence electrons. The first-order valence-corrected chi connectivity index (χ1v) is 7.32. The Morgan fingerprint density at radius 3 is 2.85 bits per heavy atom. The average Bonchev–Trinajstić information content (AvgIpc) is 2.43. The van der Waals surface area contributed by atoms with Crippen LogP contribution in [0, 0.1) is 5.92 Å². The highest BCUT2D eigenvalue weighted by molar-refractivity contribution is 6.21. The van der Waals surface area contributed by atoms with E-state index in [1.807, 2.05) is 0 Å². The van der Waals surface area contributed by atoms with Crippen LogP contribution in [0.4, 0.5) is 0 Å². The number of nitrogens with one attached hydrogen (secondary N) is 1. The topological polar surface area (TPSA) is 47.6 Å². The van der Waals surface area contributed by atoms with Gasteiger partial charge in [-0.25, -0.2) is 0 Å². The molecule has 1 heterocycles. The molecule has 20 heavy (non-hydrogen) atoms. The molecule has 0 aliphatic carbocycles. The molecule has 1 amide bonds. The quantitative estimate of drug-likeness (QED) is 0.850. The van der Waals surface area contributed by atoms with Crippen molar-refractivity contribution in [1.82, 2.24) is 5.32 Å². The normalized spacial score (nSPS) is 15.0. The highest BCUT2D eigenvalue weighted by Gasteiger charge is 2.20. The van der Waals surface area contributed by atoms with E-state index in [1.165, 1.54) is 0 Å². The van der Waals surface area contributed by atoms with E-state index in [2.05, 4.69) is 19.2 Å². The summed E-state index contributed by atoms with van der Waals surface area (Å²) in [6.07, 6.45) is 0.869. The van der Waals surface area contributed by atoms with Crippen LogP contribution in [0.1, 0.15) is 30.6 Å². The minimum atomic E-state index is -0.179. The molecule has 4 nitrogen and oxygen atoms in total. The number of hydrogen-bond acceptors (Lipinski definition) is 3. The molecule has 1 N–H and O–H groups in total. The van der Waals surface area contributed by atoms with Crippen molar-refractivity contribution in [3.8, 4) is 11.5 Å². The molecule has 0 saturated heterocycles. The number of fused-ring (bicyclic) bond motifs is 1. The zero-order valence-corrected chi connectivity index (χ0v) is 12.6. The van der Waals surface area contributed by atoms with Gasteiger partial charge in [0.2, 0.25) is 0 Å². The summed E-state index contributed by atoms with van der Waals surface area (Å²) in [7, 11) is 0. The lowest BCUT2D eigenvalue weighted by molar-refractivity contribution is 0.0941. The van der Waals surface area contributed by atoms with Crippen molar-refractivity contribution in [3.05, 3.63) is 23.8 Å². The van der Waals surface area contributed by atoms with Crippen LogP contribution in [0.3, 0.4) is 0 Å². The molecule has 0 saturated carbocycles. The smallest absolute Gasteiger partial charge is 0.255 e. The molecule has 2 rings (SSSR count). The van der Waals surface area contributed by atoms with Gasteiger partial charge in [0.05, 0.1) is 10.9 Å². The summed E-state index contributed by atoms with van der Waals surface area (Å²) in [5, 5.41) is 2.79. The lowest BCUT2D eigenvalue weighted by Crippen LogP contribution is -2.31. The Balaban J connectivity index is 1.99. The lowest BCUT2D eigenvalue weighted by Gasteiger charge is -2.21. The Kier molecular flexibility index (Phi) is 5.12. The van der Waals surface area contributed by atoms with Gasteiger partial charge < -0.3 is 14.8 Å². The summed E-state index contributed by atoms with van der Waals surface area (Å²) in [6.45, 7) is 5.63. The van der Waals surface area contributed by atoms with Crippen LogP contribution in [-0.2, 0) is 0 Å². The molecule has 1 aliphatic heterocycles. The second-order valence-electron chi connectivity index (χ2n) is 5.27. The van der Waals surface area contributed by atoms with Crippen molar-refractivity contribution in [1.29, 1.82) is 0 Å². The maximum Gasteiger partial charge on any atom is 0.255 e. The molecular weight excluding hydrogens is 278 g/mol. The Labute approximate surface area is 124 Å². The van der Waals surface area contributed by atoms with Gasteiger partial charge in [-0.1, -0.05) is 19.9 Å². The molecule has 0 spiro atoms. The number of benzene rings is 1. The molecular formula is C15H20ClNO3. The summed E-state index contributed by atoms with van der Waals surface area (Å²) in [6, 6.07) is 5.32. The van der Waals surface area contributed by atoms with E-state index in [0.717, 1.165) is 6.42 Å². The van der Waals surface area contributed by atoms with E-state index >= 15 is 0 Å². The van der Waals surface area contributed by atoms with Crippen molar-refractivity contribution in [2.75, 3.05) is 19.8 Å². The number of rotatable bonds is 5. The van der Waals surface area contributed by atoms with Gasteiger partial charge in [0.25, 0.3) is 5.91 Å². The molecule has 1 aromatic carbocycles. The minimum absolute atomic E-state index is 0.0596. The number of para-hydroxylation sites is 1. The van der Waals surface area contributed by atoms with Crippen LogP contribution in [0.5, 0.6) is 11.5 Å². The molecule has 0 aromatic heterocycles. The third kappa shape index (κ3) is 3.79. The van der Waals surface area contributed by atoms with Crippen LogP contribution in [-0.4, -0.2) is 31.0 Å². The first kappa shape index (κ1) is 15.0. The van der Waals surface area contributed by atoms with E-state index in [-0.39, 0.29) is 11.3 Å². The van der Waals surface area contributed by atoms with Crippen LogP contribution >= 0.6 is 11.6 Å². The standard InChI is InChI=1S/C15H20ClNO3/c1-10(2)8-11(16)9-17-15(18)12-4-3-5-13-14(12)20-7-6-19-13/h3-5,10-11H,6-9H2,1-2H3,(H,17,18). The summed E-state index contributed by atoms with van der Waals surface area (Å²) < 4.78 is 11.0. The molecule has 1 atom stereocenters. The number of hydrogen-bond donors (Lipinski definition) is 1. The maximum absolute atomic E-state index is 12.2. The maximum atomic E-state index is 12.2. The van der Waals surface area contributed by atoms with Crippen molar-refractivity contribution in [2.24, 2.45) is 5.92 Å². The van der Waals surface area contributed by atoms with Gasteiger partial charge in [-0.2, -0.15) is 0 Å². The van der Waals surface area contributed by atoms with Gasteiger partial charge in [0, 0.05) is 6.54 Å².